The second-order valence-corrected chi connectivity index (χ2v) is 7.07. The van der Waals surface area contributed by atoms with Gasteiger partial charge >= 0.3 is 5.69 Å². The van der Waals surface area contributed by atoms with Gasteiger partial charge in [-0.3, -0.25) is 13.9 Å². The molecule has 0 aliphatic carbocycles. The zero-order valence-electron chi connectivity index (χ0n) is 17.1. The minimum atomic E-state index is -0.498. The van der Waals surface area contributed by atoms with Crippen molar-refractivity contribution in [2.45, 2.75) is 13.1 Å². The second kappa shape index (κ2) is 8.03. The fourth-order valence-electron chi connectivity index (χ4n) is 3.61. The van der Waals surface area contributed by atoms with Crippen molar-refractivity contribution in [3.05, 3.63) is 99.4 Å². The van der Waals surface area contributed by atoms with Gasteiger partial charge < -0.3 is 13.7 Å². The number of hydrogen-bond donors (Lipinski definition) is 0. The van der Waals surface area contributed by atoms with Crippen LogP contribution in [0.2, 0.25) is 0 Å². The lowest BCUT2D eigenvalue weighted by Gasteiger charge is -2.12. The largest absolute Gasteiger partial charge is 0.496 e. The first-order valence-electron chi connectivity index (χ1n) is 9.86. The van der Waals surface area contributed by atoms with Crippen LogP contribution < -0.4 is 16.0 Å². The number of hydrogen-bond acceptors (Lipinski definition) is 7. The molecule has 2 aromatic carbocycles. The molecule has 3 heterocycles. The van der Waals surface area contributed by atoms with Crippen LogP contribution in [0.3, 0.4) is 0 Å². The number of methoxy groups -OCH3 is 1. The predicted molar refractivity (Wildman–Crippen MR) is 116 cm³/mol. The Kier molecular flexibility index (Phi) is 4.91. The maximum Gasteiger partial charge on any atom is 0.332 e. The van der Waals surface area contributed by atoms with E-state index in [1.165, 1.54) is 10.8 Å². The lowest BCUT2D eigenvalue weighted by Crippen LogP contribution is -2.40. The van der Waals surface area contributed by atoms with Crippen LogP contribution in [0.25, 0.3) is 22.3 Å². The van der Waals surface area contributed by atoms with E-state index < -0.39 is 11.2 Å². The van der Waals surface area contributed by atoms with E-state index in [1.54, 1.807) is 49.6 Å². The lowest BCUT2D eigenvalue weighted by atomic mass is 10.2. The van der Waals surface area contributed by atoms with Crippen molar-refractivity contribution < 1.29 is 13.7 Å². The van der Waals surface area contributed by atoms with Gasteiger partial charge in [0.1, 0.15) is 18.1 Å². The summed E-state index contributed by atoms with van der Waals surface area (Å²) in [5, 5.41) is 4.44. The highest BCUT2D eigenvalue weighted by atomic mass is 16.5. The summed E-state index contributed by atoms with van der Waals surface area (Å²) in [5.74, 6) is 1.68. The van der Waals surface area contributed by atoms with Gasteiger partial charge in [-0.1, -0.05) is 29.4 Å². The van der Waals surface area contributed by atoms with Gasteiger partial charge in [0.15, 0.2) is 0 Å². The Bertz CT molecular complexity index is 1510. The summed E-state index contributed by atoms with van der Waals surface area (Å²) < 4.78 is 18.7. The highest BCUT2D eigenvalue weighted by Crippen LogP contribution is 2.27. The summed E-state index contributed by atoms with van der Waals surface area (Å²) >= 11 is 0. The number of benzene rings is 2. The summed E-state index contributed by atoms with van der Waals surface area (Å²) in [6.07, 6.45) is 1.50. The zero-order valence-corrected chi connectivity index (χ0v) is 17.1. The van der Waals surface area contributed by atoms with E-state index in [1.807, 2.05) is 18.2 Å². The molecule has 0 radical (unpaired) electrons. The van der Waals surface area contributed by atoms with Crippen molar-refractivity contribution in [3.63, 3.8) is 0 Å². The van der Waals surface area contributed by atoms with Crippen molar-refractivity contribution in [1.82, 2.24) is 19.3 Å². The molecule has 32 heavy (non-hydrogen) atoms. The average Bonchev–Trinajstić information content (AvgIpc) is 3.51. The highest BCUT2D eigenvalue weighted by Gasteiger charge is 2.18. The summed E-state index contributed by atoms with van der Waals surface area (Å²) in [6.45, 7) is 0.0196. The standard InChI is InChI=1S/C23H18N4O5/c1-30-19-11-5-3-9-17(19)21-24-20(32-25-21)14-26-18-10-4-2-8-16(18)22(28)27(23(26)29)13-15-7-6-12-31-15/h2-12H,13-14H2,1H3. The molecule has 0 fully saturated rings. The predicted octanol–water partition coefficient (Wildman–Crippen LogP) is 2.91. The Morgan fingerprint density at radius 1 is 0.938 bits per heavy atom. The second-order valence-electron chi connectivity index (χ2n) is 7.07. The number of rotatable bonds is 6. The van der Waals surface area contributed by atoms with Crippen LogP contribution in [0.15, 0.2) is 85.5 Å². The lowest BCUT2D eigenvalue weighted by molar-refractivity contribution is 0.368. The minimum absolute atomic E-state index is 0.0000690. The number of nitrogens with zero attached hydrogens (tertiary/aromatic N) is 4. The average molecular weight is 430 g/mol. The highest BCUT2D eigenvalue weighted by molar-refractivity contribution is 5.77. The van der Waals surface area contributed by atoms with Gasteiger partial charge in [0.05, 0.1) is 36.4 Å². The number of fused-ring (bicyclic) bond motifs is 1. The summed E-state index contributed by atoms with van der Waals surface area (Å²) in [5.41, 5.74) is 0.265. The molecular weight excluding hydrogens is 412 g/mol. The smallest absolute Gasteiger partial charge is 0.332 e. The zero-order chi connectivity index (χ0) is 22.1. The number of aromatic nitrogens is 4. The Labute approximate surface area is 181 Å². The van der Waals surface area contributed by atoms with Crippen LogP contribution in [0.4, 0.5) is 0 Å². The van der Waals surface area contributed by atoms with Crippen molar-refractivity contribution >= 4 is 10.9 Å². The van der Waals surface area contributed by atoms with Gasteiger partial charge in [-0.25, -0.2) is 4.79 Å². The summed E-state index contributed by atoms with van der Waals surface area (Å²) in [7, 11) is 1.56. The maximum absolute atomic E-state index is 13.3. The summed E-state index contributed by atoms with van der Waals surface area (Å²) in [4.78, 5) is 30.7. The molecule has 0 saturated carbocycles. The van der Waals surface area contributed by atoms with E-state index in [9.17, 15) is 9.59 Å². The van der Waals surface area contributed by atoms with Crippen LogP contribution in [0.5, 0.6) is 5.75 Å². The van der Waals surface area contributed by atoms with E-state index in [4.69, 9.17) is 13.7 Å². The van der Waals surface area contributed by atoms with Crippen molar-refractivity contribution in [2.24, 2.45) is 0 Å². The topological polar surface area (TPSA) is 105 Å². The maximum atomic E-state index is 13.3. The molecule has 9 heteroatoms. The van der Waals surface area contributed by atoms with Crippen LogP contribution in [-0.2, 0) is 13.1 Å². The Balaban J connectivity index is 1.60. The molecule has 5 rings (SSSR count). The minimum Gasteiger partial charge on any atom is -0.496 e. The first kappa shape index (κ1) is 19.6. The summed E-state index contributed by atoms with van der Waals surface area (Å²) in [6, 6.07) is 17.6. The SMILES string of the molecule is COc1ccccc1-c1noc(Cn2c(=O)n(Cc3ccco3)c(=O)c3ccccc32)n1. The molecule has 3 aromatic heterocycles. The normalized spacial score (nSPS) is 11.2. The third kappa shape index (κ3) is 3.39. The van der Waals surface area contributed by atoms with Gasteiger partial charge in [-0.2, -0.15) is 4.98 Å². The third-order valence-corrected chi connectivity index (χ3v) is 5.14. The monoisotopic (exact) mass is 430 g/mol. The molecule has 160 valence electrons. The van der Waals surface area contributed by atoms with E-state index >= 15 is 0 Å². The molecule has 0 aliphatic heterocycles. The Hall–Kier alpha value is -4.40. The number of para-hydroxylation sites is 2. The first-order valence-corrected chi connectivity index (χ1v) is 9.86. The molecular formula is C23H18N4O5. The fourth-order valence-corrected chi connectivity index (χ4v) is 3.61. The van der Waals surface area contributed by atoms with Crippen LogP contribution in [0.1, 0.15) is 11.7 Å². The molecule has 0 aliphatic rings. The first-order chi connectivity index (χ1) is 15.7. The van der Waals surface area contributed by atoms with Gasteiger partial charge in [0, 0.05) is 0 Å². The number of furan rings is 1. The fraction of sp³-hybridized carbons (Fsp3) is 0.130. The molecule has 5 aromatic rings. The van der Waals surface area contributed by atoms with Crippen molar-refractivity contribution in [3.8, 4) is 17.1 Å². The molecule has 0 amide bonds. The van der Waals surface area contributed by atoms with Crippen molar-refractivity contribution in [2.75, 3.05) is 7.11 Å². The molecule has 0 bridgehead atoms. The van der Waals surface area contributed by atoms with Gasteiger partial charge in [0.2, 0.25) is 11.7 Å². The van der Waals surface area contributed by atoms with E-state index in [0.717, 1.165) is 4.57 Å². The molecule has 0 atom stereocenters. The van der Waals surface area contributed by atoms with E-state index in [2.05, 4.69) is 10.1 Å². The molecule has 9 nitrogen and oxygen atoms in total. The molecule has 0 saturated heterocycles. The quantitative estimate of drug-likeness (QED) is 0.408. The number of ether oxygens (including phenoxy) is 1. The molecule has 0 N–H and O–H groups in total. The van der Waals surface area contributed by atoms with Gasteiger partial charge in [0.25, 0.3) is 5.56 Å². The van der Waals surface area contributed by atoms with Crippen LogP contribution in [-0.4, -0.2) is 26.4 Å². The van der Waals surface area contributed by atoms with E-state index in [0.29, 0.717) is 33.8 Å². The molecule has 0 spiro atoms. The van der Waals surface area contributed by atoms with E-state index in [-0.39, 0.29) is 19.0 Å². The van der Waals surface area contributed by atoms with Gasteiger partial charge in [-0.05, 0) is 36.4 Å². The Morgan fingerprint density at radius 3 is 2.56 bits per heavy atom. The van der Waals surface area contributed by atoms with Gasteiger partial charge in [-0.15, -0.1) is 0 Å². The van der Waals surface area contributed by atoms with Crippen LogP contribution in [0, 0.1) is 0 Å². The van der Waals surface area contributed by atoms with Crippen LogP contribution >= 0.6 is 0 Å². The molecule has 0 unspecified atom stereocenters. The Morgan fingerprint density at radius 2 is 1.75 bits per heavy atom. The third-order valence-electron chi connectivity index (χ3n) is 5.14. The van der Waals surface area contributed by atoms with Crippen molar-refractivity contribution in [1.29, 1.82) is 0 Å².